The van der Waals surface area contributed by atoms with Crippen molar-refractivity contribution in [3.8, 4) is 0 Å². The molecule has 1 saturated heterocycles. The normalized spacial score (nSPS) is 20.4. The van der Waals surface area contributed by atoms with Crippen LogP contribution in [0.2, 0.25) is 0 Å². The molecule has 1 unspecified atom stereocenters. The molecule has 1 fully saturated rings. The highest BCUT2D eigenvalue weighted by Gasteiger charge is 2.18. The van der Waals surface area contributed by atoms with E-state index in [1.807, 2.05) is 18.3 Å². The number of aromatic nitrogens is 3. The van der Waals surface area contributed by atoms with E-state index in [4.69, 9.17) is 11.6 Å². The zero-order chi connectivity index (χ0) is 12.4. The second-order valence-electron chi connectivity index (χ2n) is 4.61. The molecule has 2 aromatic rings. The van der Waals surface area contributed by atoms with Crippen molar-refractivity contribution in [2.75, 3.05) is 5.75 Å². The fraction of sp³-hybridized carbons (Fsp3) is 0.538. The maximum Gasteiger partial charge on any atom is 0.160 e. The molecule has 0 aliphatic carbocycles. The predicted octanol–water partition coefficient (Wildman–Crippen LogP) is 3.46. The molecule has 0 spiro atoms. The number of nitrogens with zero attached hydrogens (tertiary/aromatic N) is 3. The Kier molecular flexibility index (Phi) is 3.75. The summed E-state index contributed by atoms with van der Waals surface area (Å²) in [6.45, 7) is 0.986. The van der Waals surface area contributed by atoms with Gasteiger partial charge in [0.05, 0.1) is 5.88 Å². The molecule has 1 aliphatic heterocycles. The van der Waals surface area contributed by atoms with Crippen LogP contribution in [0.5, 0.6) is 0 Å². The van der Waals surface area contributed by atoms with Crippen LogP contribution < -0.4 is 0 Å². The van der Waals surface area contributed by atoms with E-state index < -0.39 is 0 Å². The highest BCUT2D eigenvalue weighted by atomic mass is 35.5. The van der Waals surface area contributed by atoms with Crippen molar-refractivity contribution in [3.05, 3.63) is 24.2 Å². The molecule has 3 rings (SSSR count). The lowest BCUT2D eigenvalue weighted by molar-refractivity contribution is 0.579. The Morgan fingerprint density at radius 3 is 3.17 bits per heavy atom. The first-order valence-corrected chi connectivity index (χ1v) is 7.94. The van der Waals surface area contributed by atoms with Gasteiger partial charge in [-0.15, -0.1) is 11.6 Å². The molecular weight excluding hydrogens is 266 g/mol. The van der Waals surface area contributed by atoms with Gasteiger partial charge < -0.3 is 4.57 Å². The molecule has 0 bridgehead atoms. The van der Waals surface area contributed by atoms with Crippen molar-refractivity contribution in [1.29, 1.82) is 0 Å². The largest absolute Gasteiger partial charge is 0.311 e. The number of alkyl halides is 1. The van der Waals surface area contributed by atoms with Crippen LogP contribution in [0.4, 0.5) is 0 Å². The van der Waals surface area contributed by atoms with Crippen LogP contribution in [0.25, 0.3) is 11.2 Å². The molecule has 3 nitrogen and oxygen atoms in total. The Morgan fingerprint density at radius 2 is 2.39 bits per heavy atom. The minimum absolute atomic E-state index is 0.452. The maximum atomic E-state index is 6.00. The lowest BCUT2D eigenvalue weighted by atomic mass is 10.2. The van der Waals surface area contributed by atoms with E-state index in [2.05, 4.69) is 26.3 Å². The zero-order valence-corrected chi connectivity index (χ0v) is 11.8. The van der Waals surface area contributed by atoms with Crippen molar-refractivity contribution in [1.82, 2.24) is 14.5 Å². The Labute approximate surface area is 116 Å². The predicted molar refractivity (Wildman–Crippen MR) is 77.2 cm³/mol. The Bertz CT molecular complexity index is 534. The van der Waals surface area contributed by atoms with Gasteiger partial charge in [0, 0.05) is 18.0 Å². The van der Waals surface area contributed by atoms with Crippen molar-refractivity contribution in [3.63, 3.8) is 0 Å². The molecule has 5 heteroatoms. The zero-order valence-electron chi connectivity index (χ0n) is 10.2. The first-order valence-electron chi connectivity index (χ1n) is 6.36. The summed E-state index contributed by atoms with van der Waals surface area (Å²) in [5.41, 5.74) is 1.92. The lowest BCUT2D eigenvalue weighted by Gasteiger charge is -2.22. The Morgan fingerprint density at radius 1 is 1.44 bits per heavy atom. The fourth-order valence-electron chi connectivity index (χ4n) is 2.45. The van der Waals surface area contributed by atoms with Crippen LogP contribution in [0.15, 0.2) is 18.3 Å². The quantitative estimate of drug-likeness (QED) is 0.808. The van der Waals surface area contributed by atoms with Gasteiger partial charge in [0.15, 0.2) is 5.65 Å². The molecule has 0 aromatic carbocycles. The molecule has 0 saturated carbocycles. The van der Waals surface area contributed by atoms with Gasteiger partial charge in [-0.05, 0) is 30.7 Å². The molecule has 2 aromatic heterocycles. The summed E-state index contributed by atoms with van der Waals surface area (Å²) in [7, 11) is 0. The van der Waals surface area contributed by atoms with E-state index in [-0.39, 0.29) is 0 Å². The lowest BCUT2D eigenvalue weighted by Crippen LogP contribution is -2.18. The molecule has 3 heterocycles. The SMILES string of the molecule is ClCc1nc2cccnc2n1CC1CCCCS1. The van der Waals surface area contributed by atoms with Gasteiger partial charge in [0.2, 0.25) is 0 Å². The summed E-state index contributed by atoms with van der Waals surface area (Å²) in [6, 6.07) is 3.93. The van der Waals surface area contributed by atoms with Gasteiger partial charge in [-0.25, -0.2) is 9.97 Å². The van der Waals surface area contributed by atoms with Crippen LogP contribution in [-0.4, -0.2) is 25.5 Å². The summed E-state index contributed by atoms with van der Waals surface area (Å²) >= 11 is 8.07. The van der Waals surface area contributed by atoms with E-state index in [0.717, 1.165) is 23.5 Å². The van der Waals surface area contributed by atoms with E-state index in [9.17, 15) is 0 Å². The first-order chi connectivity index (χ1) is 8.88. The van der Waals surface area contributed by atoms with Gasteiger partial charge in [-0.1, -0.05) is 6.42 Å². The minimum atomic E-state index is 0.452. The topological polar surface area (TPSA) is 30.7 Å². The van der Waals surface area contributed by atoms with E-state index in [0.29, 0.717) is 11.1 Å². The second-order valence-corrected chi connectivity index (χ2v) is 6.28. The van der Waals surface area contributed by atoms with Crippen molar-refractivity contribution in [2.24, 2.45) is 0 Å². The molecule has 0 radical (unpaired) electrons. The Hall–Kier alpha value is -0.740. The molecule has 18 heavy (non-hydrogen) atoms. The van der Waals surface area contributed by atoms with Gasteiger partial charge in [-0.3, -0.25) is 0 Å². The van der Waals surface area contributed by atoms with E-state index in [1.165, 1.54) is 25.0 Å². The monoisotopic (exact) mass is 281 g/mol. The average molecular weight is 282 g/mol. The van der Waals surface area contributed by atoms with E-state index in [1.54, 1.807) is 0 Å². The number of halogens is 1. The number of imidazole rings is 1. The summed E-state index contributed by atoms with van der Waals surface area (Å²) in [6.07, 6.45) is 5.81. The van der Waals surface area contributed by atoms with Gasteiger partial charge in [0.25, 0.3) is 0 Å². The molecule has 1 atom stereocenters. The minimum Gasteiger partial charge on any atom is -0.311 e. The van der Waals surface area contributed by atoms with Crippen LogP contribution in [-0.2, 0) is 12.4 Å². The number of hydrogen-bond donors (Lipinski definition) is 0. The van der Waals surface area contributed by atoms with Crippen LogP contribution in [0.3, 0.4) is 0 Å². The third-order valence-electron chi connectivity index (χ3n) is 3.36. The maximum absolute atomic E-state index is 6.00. The summed E-state index contributed by atoms with van der Waals surface area (Å²) in [5.74, 6) is 2.67. The van der Waals surface area contributed by atoms with Crippen LogP contribution in [0, 0.1) is 0 Å². The third kappa shape index (κ3) is 2.36. The number of thioether (sulfide) groups is 1. The standard InChI is InChI=1S/C13H16ClN3S/c14-8-12-16-11-5-3-6-15-13(11)17(12)9-10-4-1-2-7-18-10/h3,5-6,10H,1-2,4,7-9H2. The fourth-order valence-corrected chi connectivity index (χ4v) is 3.95. The average Bonchev–Trinajstić information content (AvgIpc) is 2.78. The highest BCUT2D eigenvalue weighted by molar-refractivity contribution is 7.99. The van der Waals surface area contributed by atoms with Gasteiger partial charge in [-0.2, -0.15) is 11.8 Å². The molecule has 96 valence electrons. The molecule has 0 N–H and O–H groups in total. The number of hydrogen-bond acceptors (Lipinski definition) is 3. The second kappa shape index (κ2) is 5.49. The number of rotatable bonds is 3. The molecule has 1 aliphatic rings. The van der Waals surface area contributed by atoms with Gasteiger partial charge >= 0.3 is 0 Å². The van der Waals surface area contributed by atoms with Crippen molar-refractivity contribution >= 4 is 34.5 Å². The summed E-state index contributed by atoms with van der Waals surface area (Å²) in [5, 5.41) is 0.681. The van der Waals surface area contributed by atoms with E-state index >= 15 is 0 Å². The summed E-state index contributed by atoms with van der Waals surface area (Å²) < 4.78 is 2.20. The third-order valence-corrected chi connectivity index (χ3v) is 4.98. The molecule has 0 amide bonds. The van der Waals surface area contributed by atoms with Crippen LogP contribution >= 0.6 is 23.4 Å². The van der Waals surface area contributed by atoms with Gasteiger partial charge in [0.1, 0.15) is 11.3 Å². The van der Waals surface area contributed by atoms with Crippen molar-refractivity contribution in [2.45, 2.75) is 36.9 Å². The number of pyridine rings is 1. The number of fused-ring (bicyclic) bond motifs is 1. The highest BCUT2D eigenvalue weighted by Crippen LogP contribution is 2.28. The van der Waals surface area contributed by atoms with Crippen molar-refractivity contribution < 1.29 is 0 Å². The first kappa shape index (κ1) is 12.3. The smallest absolute Gasteiger partial charge is 0.160 e. The van der Waals surface area contributed by atoms with Crippen LogP contribution in [0.1, 0.15) is 25.1 Å². The molecular formula is C13H16ClN3S. The Balaban J connectivity index is 1.93. The summed E-state index contributed by atoms with van der Waals surface area (Å²) in [4.78, 5) is 9.00.